The first-order valence-corrected chi connectivity index (χ1v) is 5.62. The van der Waals surface area contributed by atoms with Crippen LogP contribution >= 0.6 is 12.4 Å². The number of hydrogen-bond donors (Lipinski definition) is 2. The number of anilines is 1. The summed E-state index contributed by atoms with van der Waals surface area (Å²) in [5, 5.41) is 5.67. The summed E-state index contributed by atoms with van der Waals surface area (Å²) >= 11 is 0. The maximum Gasteiger partial charge on any atom is 0.227 e. The first-order valence-electron chi connectivity index (χ1n) is 5.62. The number of halogens is 2. The quantitative estimate of drug-likeness (QED) is 0.880. The van der Waals surface area contributed by atoms with Crippen molar-refractivity contribution in [2.45, 2.75) is 12.5 Å². The van der Waals surface area contributed by atoms with Crippen LogP contribution in [0.3, 0.4) is 0 Å². The topological polar surface area (TPSA) is 50.4 Å². The van der Waals surface area contributed by atoms with E-state index in [9.17, 15) is 9.18 Å². The van der Waals surface area contributed by atoms with Crippen molar-refractivity contribution in [3.63, 3.8) is 0 Å². The van der Waals surface area contributed by atoms with Crippen LogP contribution in [0.2, 0.25) is 0 Å². The molecule has 1 unspecified atom stereocenters. The summed E-state index contributed by atoms with van der Waals surface area (Å²) in [6.07, 6.45) is 0.108. The highest BCUT2D eigenvalue weighted by molar-refractivity contribution is 5.91. The fourth-order valence-electron chi connectivity index (χ4n) is 1.72. The Labute approximate surface area is 111 Å². The van der Waals surface area contributed by atoms with Gasteiger partial charge in [0.05, 0.1) is 24.8 Å². The average Bonchev–Trinajstić information content (AvgIpc) is 2.33. The molecule has 6 heteroatoms. The number of carbonyl (C=O) groups is 1. The van der Waals surface area contributed by atoms with Gasteiger partial charge in [-0.2, -0.15) is 0 Å². The average molecular weight is 275 g/mol. The third-order valence-electron chi connectivity index (χ3n) is 2.57. The molecule has 4 nitrogen and oxygen atoms in total. The van der Waals surface area contributed by atoms with Crippen LogP contribution in [0.4, 0.5) is 10.1 Å². The molecule has 1 saturated heterocycles. The van der Waals surface area contributed by atoms with Crippen molar-refractivity contribution in [3.8, 4) is 0 Å². The number of para-hydroxylation sites is 1. The van der Waals surface area contributed by atoms with E-state index in [2.05, 4.69) is 10.6 Å². The number of benzene rings is 1. The van der Waals surface area contributed by atoms with Crippen molar-refractivity contribution in [2.75, 3.05) is 25.0 Å². The zero-order chi connectivity index (χ0) is 12.1. The zero-order valence-electron chi connectivity index (χ0n) is 9.82. The monoisotopic (exact) mass is 274 g/mol. The van der Waals surface area contributed by atoms with Gasteiger partial charge in [0.15, 0.2) is 0 Å². The van der Waals surface area contributed by atoms with Gasteiger partial charge in [-0.25, -0.2) is 4.39 Å². The van der Waals surface area contributed by atoms with Crippen molar-refractivity contribution >= 4 is 24.0 Å². The molecule has 100 valence electrons. The molecule has 1 amide bonds. The van der Waals surface area contributed by atoms with Crippen molar-refractivity contribution in [3.05, 3.63) is 30.1 Å². The second-order valence-corrected chi connectivity index (χ2v) is 3.93. The molecule has 1 atom stereocenters. The van der Waals surface area contributed by atoms with Crippen LogP contribution in [0.5, 0.6) is 0 Å². The van der Waals surface area contributed by atoms with E-state index in [0.29, 0.717) is 13.2 Å². The van der Waals surface area contributed by atoms with Crippen LogP contribution in [-0.2, 0) is 9.53 Å². The van der Waals surface area contributed by atoms with E-state index >= 15 is 0 Å². The highest BCUT2D eigenvalue weighted by Gasteiger charge is 2.17. The zero-order valence-corrected chi connectivity index (χ0v) is 10.6. The Hall–Kier alpha value is -1.17. The summed E-state index contributed by atoms with van der Waals surface area (Å²) in [6.45, 7) is 2.08. The van der Waals surface area contributed by atoms with Gasteiger partial charge >= 0.3 is 0 Å². The van der Waals surface area contributed by atoms with E-state index in [1.807, 2.05) is 0 Å². The van der Waals surface area contributed by atoms with Gasteiger partial charge in [-0.1, -0.05) is 12.1 Å². The molecule has 0 radical (unpaired) electrons. The standard InChI is InChI=1S/C12H15FN2O2.ClH/c13-10-3-1-2-4-11(10)15-12(16)7-9-8-14-5-6-17-9;/h1-4,9,14H,5-8H2,(H,15,16);1H. The second-order valence-electron chi connectivity index (χ2n) is 3.93. The molecule has 1 fully saturated rings. The lowest BCUT2D eigenvalue weighted by atomic mass is 10.2. The summed E-state index contributed by atoms with van der Waals surface area (Å²) < 4.78 is 18.7. The molecule has 18 heavy (non-hydrogen) atoms. The largest absolute Gasteiger partial charge is 0.375 e. The summed E-state index contributed by atoms with van der Waals surface area (Å²) in [5.41, 5.74) is 0.210. The lowest BCUT2D eigenvalue weighted by Gasteiger charge is -2.23. The van der Waals surface area contributed by atoms with Gasteiger partial charge < -0.3 is 15.4 Å². The lowest BCUT2D eigenvalue weighted by molar-refractivity contribution is -0.119. The third kappa shape index (κ3) is 4.25. The minimum atomic E-state index is -0.427. The molecule has 2 N–H and O–H groups in total. The van der Waals surface area contributed by atoms with E-state index < -0.39 is 5.82 Å². The molecule has 1 aromatic carbocycles. The molecule has 1 heterocycles. The SMILES string of the molecule is Cl.O=C(CC1CNCCO1)Nc1ccccc1F. The van der Waals surface area contributed by atoms with E-state index in [1.165, 1.54) is 12.1 Å². The molecule has 0 aromatic heterocycles. The van der Waals surface area contributed by atoms with Gasteiger partial charge in [0, 0.05) is 13.1 Å². The van der Waals surface area contributed by atoms with Crippen molar-refractivity contribution in [2.24, 2.45) is 0 Å². The minimum absolute atomic E-state index is 0. The first kappa shape index (κ1) is 14.9. The van der Waals surface area contributed by atoms with Crippen LogP contribution in [-0.4, -0.2) is 31.7 Å². The number of nitrogens with one attached hydrogen (secondary N) is 2. The van der Waals surface area contributed by atoms with E-state index in [0.717, 1.165) is 6.54 Å². The fraction of sp³-hybridized carbons (Fsp3) is 0.417. The number of morpholine rings is 1. The highest BCUT2D eigenvalue weighted by atomic mass is 35.5. The Morgan fingerprint density at radius 3 is 2.94 bits per heavy atom. The van der Waals surface area contributed by atoms with Gasteiger partial charge in [0.25, 0.3) is 0 Å². The maximum absolute atomic E-state index is 13.3. The van der Waals surface area contributed by atoms with Crippen LogP contribution in [0.1, 0.15) is 6.42 Å². The normalized spacial score (nSPS) is 18.8. The Kier molecular flexibility index (Phi) is 6.04. The van der Waals surface area contributed by atoms with Crippen molar-refractivity contribution < 1.29 is 13.9 Å². The van der Waals surface area contributed by atoms with Crippen LogP contribution in [0.15, 0.2) is 24.3 Å². The van der Waals surface area contributed by atoms with Gasteiger partial charge in [0.2, 0.25) is 5.91 Å². The number of amides is 1. The Morgan fingerprint density at radius 1 is 1.50 bits per heavy atom. The number of hydrogen-bond acceptors (Lipinski definition) is 3. The lowest BCUT2D eigenvalue weighted by Crippen LogP contribution is -2.40. The summed E-state index contributed by atoms with van der Waals surface area (Å²) in [5.74, 6) is -0.660. The number of ether oxygens (including phenoxy) is 1. The van der Waals surface area contributed by atoms with E-state index in [1.54, 1.807) is 12.1 Å². The molecular weight excluding hydrogens is 259 g/mol. The Bertz CT molecular complexity index is 397. The van der Waals surface area contributed by atoms with Gasteiger partial charge in [-0.05, 0) is 12.1 Å². The fourth-order valence-corrected chi connectivity index (χ4v) is 1.72. The van der Waals surface area contributed by atoms with Gasteiger partial charge in [0.1, 0.15) is 5.82 Å². The molecule has 1 aliphatic heterocycles. The van der Waals surface area contributed by atoms with Gasteiger partial charge in [-0.3, -0.25) is 4.79 Å². The summed E-state index contributed by atoms with van der Waals surface area (Å²) in [7, 11) is 0. The Morgan fingerprint density at radius 2 is 2.28 bits per heavy atom. The minimum Gasteiger partial charge on any atom is -0.375 e. The summed E-state index contributed by atoms with van der Waals surface area (Å²) in [6, 6.07) is 6.11. The number of carbonyl (C=O) groups excluding carboxylic acids is 1. The van der Waals surface area contributed by atoms with E-state index in [4.69, 9.17) is 4.74 Å². The van der Waals surface area contributed by atoms with Crippen LogP contribution < -0.4 is 10.6 Å². The summed E-state index contributed by atoms with van der Waals surface area (Å²) in [4.78, 5) is 11.6. The molecule has 0 aliphatic carbocycles. The van der Waals surface area contributed by atoms with Crippen molar-refractivity contribution in [1.29, 1.82) is 0 Å². The van der Waals surface area contributed by atoms with E-state index in [-0.39, 0.29) is 36.5 Å². The van der Waals surface area contributed by atoms with Crippen LogP contribution in [0, 0.1) is 5.82 Å². The molecule has 0 bridgehead atoms. The molecule has 0 spiro atoms. The molecular formula is C12H16ClFN2O2. The Balaban J connectivity index is 0.00000162. The van der Waals surface area contributed by atoms with Crippen LogP contribution in [0.25, 0.3) is 0 Å². The molecule has 0 saturated carbocycles. The highest BCUT2D eigenvalue weighted by Crippen LogP contribution is 2.13. The van der Waals surface area contributed by atoms with Crippen molar-refractivity contribution in [1.82, 2.24) is 5.32 Å². The second kappa shape index (κ2) is 7.31. The molecule has 2 rings (SSSR count). The predicted octanol–water partition coefficient (Wildman–Crippen LogP) is 1.56. The van der Waals surface area contributed by atoms with Gasteiger partial charge in [-0.15, -0.1) is 12.4 Å². The first-order chi connectivity index (χ1) is 8.25. The smallest absolute Gasteiger partial charge is 0.227 e. The molecule has 1 aliphatic rings. The maximum atomic E-state index is 13.3. The molecule has 1 aromatic rings. The third-order valence-corrected chi connectivity index (χ3v) is 2.57. The number of rotatable bonds is 3. The predicted molar refractivity (Wildman–Crippen MR) is 69.5 cm³/mol.